The number of aryl methyl sites for hydroxylation is 1. The molecule has 1 N–H and O–H groups in total. The van der Waals surface area contributed by atoms with Crippen LogP contribution in [0, 0.1) is 6.92 Å². The summed E-state index contributed by atoms with van der Waals surface area (Å²) in [6.07, 6.45) is 2.54. The van der Waals surface area contributed by atoms with Crippen molar-refractivity contribution in [1.82, 2.24) is 5.32 Å². The van der Waals surface area contributed by atoms with Gasteiger partial charge in [-0.05, 0) is 56.5 Å². The van der Waals surface area contributed by atoms with E-state index in [2.05, 4.69) is 42.4 Å². The average molecular weight is 218 g/mol. The molecule has 0 amide bonds. The van der Waals surface area contributed by atoms with E-state index in [4.69, 9.17) is 0 Å². The summed E-state index contributed by atoms with van der Waals surface area (Å²) in [5, 5.41) is 3.25. The highest BCUT2D eigenvalue weighted by molar-refractivity contribution is 5.58. The van der Waals surface area contributed by atoms with Gasteiger partial charge in [0.25, 0.3) is 0 Å². The van der Waals surface area contributed by atoms with Crippen LogP contribution in [0.5, 0.6) is 0 Å². The fourth-order valence-electron chi connectivity index (χ4n) is 2.57. The molecule has 0 saturated carbocycles. The zero-order valence-electron chi connectivity index (χ0n) is 10.6. The molecule has 0 spiro atoms. The van der Waals surface area contributed by atoms with Gasteiger partial charge in [-0.1, -0.05) is 12.1 Å². The molecule has 16 heavy (non-hydrogen) atoms. The lowest BCUT2D eigenvalue weighted by atomic mass is 9.87. The van der Waals surface area contributed by atoms with Crippen molar-refractivity contribution >= 4 is 5.69 Å². The van der Waals surface area contributed by atoms with E-state index in [1.807, 2.05) is 7.05 Å². The molecule has 0 aliphatic carbocycles. The Labute approximate surface area is 98.7 Å². The molecule has 0 aromatic heterocycles. The van der Waals surface area contributed by atoms with Crippen LogP contribution < -0.4 is 10.2 Å². The summed E-state index contributed by atoms with van der Waals surface area (Å²) in [5.74, 6) is 0.735. The van der Waals surface area contributed by atoms with Gasteiger partial charge in [0.2, 0.25) is 0 Å². The number of hydrogen-bond donors (Lipinski definition) is 1. The lowest BCUT2D eigenvalue weighted by Gasteiger charge is -2.33. The van der Waals surface area contributed by atoms with Crippen LogP contribution in [-0.2, 0) is 0 Å². The third kappa shape index (κ3) is 2.22. The van der Waals surface area contributed by atoms with Crippen LogP contribution in [0.25, 0.3) is 0 Å². The predicted molar refractivity (Wildman–Crippen MR) is 70.4 cm³/mol. The molecule has 0 fully saturated rings. The molecule has 1 aliphatic heterocycles. The second kappa shape index (κ2) is 4.88. The van der Waals surface area contributed by atoms with Crippen LogP contribution >= 0.6 is 0 Å². The van der Waals surface area contributed by atoms with E-state index in [0.29, 0.717) is 0 Å². The molecule has 1 aromatic carbocycles. The molecular weight excluding hydrogens is 196 g/mol. The van der Waals surface area contributed by atoms with Gasteiger partial charge >= 0.3 is 0 Å². The molecule has 0 saturated heterocycles. The van der Waals surface area contributed by atoms with Gasteiger partial charge < -0.3 is 10.2 Å². The Kier molecular flexibility index (Phi) is 3.49. The van der Waals surface area contributed by atoms with Crippen LogP contribution in [0.2, 0.25) is 0 Å². The van der Waals surface area contributed by atoms with Gasteiger partial charge in [-0.15, -0.1) is 0 Å². The summed E-state index contributed by atoms with van der Waals surface area (Å²) in [4.78, 5) is 2.39. The number of nitrogens with zero attached hydrogens (tertiary/aromatic N) is 1. The Morgan fingerprint density at radius 1 is 1.44 bits per heavy atom. The van der Waals surface area contributed by atoms with E-state index in [1.54, 1.807) is 0 Å². The van der Waals surface area contributed by atoms with E-state index in [1.165, 1.54) is 36.2 Å². The standard InChI is InChI=1S/C14H22N2/c1-11-4-5-13-12(6-8-15-2)7-9-16(3)14(13)10-11/h4-5,10,12,15H,6-9H2,1-3H3. The fraction of sp³-hybridized carbons (Fsp3) is 0.571. The van der Waals surface area contributed by atoms with E-state index < -0.39 is 0 Å². The van der Waals surface area contributed by atoms with Crippen molar-refractivity contribution in [2.75, 3.05) is 32.1 Å². The Bertz CT molecular complexity index is 360. The van der Waals surface area contributed by atoms with Crippen molar-refractivity contribution in [1.29, 1.82) is 0 Å². The van der Waals surface area contributed by atoms with E-state index in [9.17, 15) is 0 Å². The molecule has 2 nitrogen and oxygen atoms in total. The van der Waals surface area contributed by atoms with Crippen molar-refractivity contribution in [3.8, 4) is 0 Å². The molecule has 1 unspecified atom stereocenters. The summed E-state index contributed by atoms with van der Waals surface area (Å²) in [6, 6.07) is 6.88. The minimum atomic E-state index is 0.735. The van der Waals surface area contributed by atoms with Crippen LogP contribution in [0.15, 0.2) is 18.2 Å². The smallest absolute Gasteiger partial charge is 0.0401 e. The summed E-state index contributed by atoms with van der Waals surface area (Å²) in [7, 11) is 4.23. The highest BCUT2D eigenvalue weighted by Gasteiger charge is 2.22. The van der Waals surface area contributed by atoms with Crippen molar-refractivity contribution in [2.24, 2.45) is 0 Å². The summed E-state index contributed by atoms with van der Waals surface area (Å²) in [5.41, 5.74) is 4.34. The molecule has 0 bridgehead atoms. The van der Waals surface area contributed by atoms with Crippen LogP contribution in [0.3, 0.4) is 0 Å². The SMILES string of the molecule is CNCCC1CCN(C)c2cc(C)ccc21. The Morgan fingerprint density at radius 2 is 2.25 bits per heavy atom. The van der Waals surface area contributed by atoms with Gasteiger partial charge in [0.05, 0.1) is 0 Å². The zero-order chi connectivity index (χ0) is 11.5. The van der Waals surface area contributed by atoms with Crippen LogP contribution in [0.4, 0.5) is 5.69 Å². The number of fused-ring (bicyclic) bond motifs is 1. The van der Waals surface area contributed by atoms with Crippen molar-refractivity contribution in [2.45, 2.75) is 25.7 Å². The first-order chi connectivity index (χ1) is 7.72. The molecule has 2 heteroatoms. The maximum atomic E-state index is 3.25. The molecule has 2 rings (SSSR count). The molecule has 0 radical (unpaired) electrons. The minimum Gasteiger partial charge on any atom is -0.374 e. The Balaban J connectivity index is 2.25. The first-order valence-electron chi connectivity index (χ1n) is 6.18. The topological polar surface area (TPSA) is 15.3 Å². The summed E-state index contributed by atoms with van der Waals surface area (Å²) >= 11 is 0. The van der Waals surface area contributed by atoms with Gasteiger partial charge in [0, 0.05) is 19.3 Å². The maximum absolute atomic E-state index is 3.25. The summed E-state index contributed by atoms with van der Waals surface area (Å²) < 4.78 is 0. The number of rotatable bonds is 3. The zero-order valence-corrected chi connectivity index (χ0v) is 10.6. The summed E-state index contributed by atoms with van der Waals surface area (Å²) in [6.45, 7) is 4.47. The molecule has 1 aromatic rings. The molecule has 88 valence electrons. The minimum absolute atomic E-state index is 0.735. The molecular formula is C14H22N2. The number of nitrogens with one attached hydrogen (secondary N) is 1. The monoisotopic (exact) mass is 218 g/mol. The van der Waals surface area contributed by atoms with E-state index >= 15 is 0 Å². The number of anilines is 1. The first kappa shape index (κ1) is 11.5. The van der Waals surface area contributed by atoms with Gasteiger partial charge in [-0.2, -0.15) is 0 Å². The average Bonchev–Trinajstić information content (AvgIpc) is 2.29. The molecule has 1 heterocycles. The largest absolute Gasteiger partial charge is 0.374 e. The molecule has 1 atom stereocenters. The van der Waals surface area contributed by atoms with Crippen LogP contribution in [-0.4, -0.2) is 27.2 Å². The third-order valence-corrected chi connectivity index (χ3v) is 3.59. The van der Waals surface area contributed by atoms with Crippen molar-refractivity contribution in [3.05, 3.63) is 29.3 Å². The highest BCUT2D eigenvalue weighted by atomic mass is 15.1. The first-order valence-corrected chi connectivity index (χ1v) is 6.18. The second-order valence-electron chi connectivity index (χ2n) is 4.86. The predicted octanol–water partition coefficient (Wildman–Crippen LogP) is 2.53. The Hall–Kier alpha value is -1.02. The second-order valence-corrected chi connectivity index (χ2v) is 4.86. The maximum Gasteiger partial charge on any atom is 0.0401 e. The van der Waals surface area contributed by atoms with E-state index in [0.717, 1.165) is 12.5 Å². The third-order valence-electron chi connectivity index (χ3n) is 3.59. The Morgan fingerprint density at radius 3 is 3.00 bits per heavy atom. The molecule has 1 aliphatic rings. The number of hydrogen-bond acceptors (Lipinski definition) is 2. The quantitative estimate of drug-likeness (QED) is 0.838. The highest BCUT2D eigenvalue weighted by Crippen LogP contribution is 2.36. The van der Waals surface area contributed by atoms with Crippen molar-refractivity contribution in [3.63, 3.8) is 0 Å². The van der Waals surface area contributed by atoms with Gasteiger partial charge in [0.1, 0.15) is 0 Å². The van der Waals surface area contributed by atoms with Gasteiger partial charge in [-0.3, -0.25) is 0 Å². The fourth-order valence-corrected chi connectivity index (χ4v) is 2.57. The van der Waals surface area contributed by atoms with Crippen molar-refractivity contribution < 1.29 is 0 Å². The van der Waals surface area contributed by atoms with Gasteiger partial charge in [0.15, 0.2) is 0 Å². The lowest BCUT2D eigenvalue weighted by Crippen LogP contribution is -2.28. The lowest BCUT2D eigenvalue weighted by molar-refractivity contribution is 0.539. The van der Waals surface area contributed by atoms with Crippen LogP contribution in [0.1, 0.15) is 29.9 Å². The number of benzene rings is 1. The van der Waals surface area contributed by atoms with E-state index in [-0.39, 0.29) is 0 Å². The normalized spacial score (nSPS) is 19.7. The van der Waals surface area contributed by atoms with Gasteiger partial charge in [-0.25, -0.2) is 0 Å².